The number of aryl methyl sites for hydroxylation is 2. The monoisotopic (exact) mass is 237 g/mol. The zero-order chi connectivity index (χ0) is 12.4. The van der Waals surface area contributed by atoms with E-state index in [9.17, 15) is 0 Å². The normalized spacial score (nSPS) is 17.4. The molecule has 0 amide bonds. The molecule has 2 rings (SSSR count). The molecule has 1 saturated heterocycles. The second-order valence-electron chi connectivity index (χ2n) is 5.18. The summed E-state index contributed by atoms with van der Waals surface area (Å²) in [7, 11) is 2.01. The van der Waals surface area contributed by atoms with Crippen molar-refractivity contribution in [2.45, 2.75) is 26.7 Å². The van der Waals surface area contributed by atoms with Crippen LogP contribution in [0.4, 0.5) is 0 Å². The van der Waals surface area contributed by atoms with Gasteiger partial charge in [0.1, 0.15) is 0 Å². The van der Waals surface area contributed by atoms with Gasteiger partial charge in [-0.15, -0.1) is 0 Å². The van der Waals surface area contributed by atoms with Gasteiger partial charge in [-0.05, 0) is 38.8 Å². The van der Waals surface area contributed by atoms with Gasteiger partial charge in [-0.2, -0.15) is 5.10 Å². The molecule has 1 aromatic heterocycles. The average Bonchev–Trinajstić information content (AvgIpc) is 2.47. The van der Waals surface area contributed by atoms with Crippen LogP contribution in [0.5, 0.6) is 0 Å². The smallest absolute Gasteiger partial charge is 0.0628 e. The van der Waals surface area contributed by atoms with Gasteiger partial charge in [0.15, 0.2) is 0 Å². The van der Waals surface area contributed by atoms with Gasteiger partial charge in [-0.25, -0.2) is 0 Å². The highest BCUT2D eigenvalue weighted by atomic mass is 16.3. The fraction of sp³-hybridized carbons (Fsp3) is 0.769. The maximum absolute atomic E-state index is 8.95. The van der Waals surface area contributed by atoms with E-state index in [4.69, 9.17) is 5.11 Å². The fourth-order valence-electron chi connectivity index (χ4n) is 2.63. The quantitative estimate of drug-likeness (QED) is 0.827. The lowest BCUT2D eigenvalue weighted by Gasteiger charge is -2.38. The molecule has 0 aromatic carbocycles. The number of aliphatic hydroxyl groups excluding tert-OH is 1. The van der Waals surface area contributed by atoms with E-state index < -0.39 is 0 Å². The minimum Gasteiger partial charge on any atom is -0.396 e. The summed E-state index contributed by atoms with van der Waals surface area (Å²) in [5.74, 6) is 0.525. The van der Waals surface area contributed by atoms with Crippen LogP contribution < -0.4 is 0 Å². The number of rotatable bonds is 5. The highest BCUT2D eigenvalue weighted by Gasteiger charge is 2.25. The molecule has 4 nitrogen and oxygen atoms in total. The molecule has 17 heavy (non-hydrogen) atoms. The van der Waals surface area contributed by atoms with Crippen LogP contribution in [0.25, 0.3) is 0 Å². The summed E-state index contributed by atoms with van der Waals surface area (Å²) in [5, 5.41) is 13.4. The van der Waals surface area contributed by atoms with Crippen molar-refractivity contribution in [1.29, 1.82) is 0 Å². The highest BCUT2D eigenvalue weighted by Crippen LogP contribution is 2.17. The molecule has 1 aliphatic heterocycles. The molecule has 2 heterocycles. The van der Waals surface area contributed by atoms with Crippen molar-refractivity contribution in [3.63, 3.8) is 0 Å². The van der Waals surface area contributed by atoms with Crippen molar-refractivity contribution in [2.75, 3.05) is 26.2 Å². The summed E-state index contributed by atoms with van der Waals surface area (Å²) in [6.45, 7) is 7.86. The van der Waals surface area contributed by atoms with Crippen molar-refractivity contribution in [2.24, 2.45) is 13.0 Å². The Labute approximate surface area is 103 Å². The highest BCUT2D eigenvalue weighted by molar-refractivity contribution is 5.24. The Hall–Kier alpha value is -0.870. The van der Waals surface area contributed by atoms with Crippen molar-refractivity contribution < 1.29 is 5.11 Å². The molecule has 0 spiro atoms. The van der Waals surface area contributed by atoms with Gasteiger partial charge >= 0.3 is 0 Å². The van der Waals surface area contributed by atoms with E-state index in [-0.39, 0.29) is 0 Å². The van der Waals surface area contributed by atoms with Crippen LogP contribution in [-0.2, 0) is 13.5 Å². The SMILES string of the molecule is Cc1nn(C)c(C)c1CCCN1CC(CO)C1. The molecule has 0 bridgehead atoms. The van der Waals surface area contributed by atoms with Crippen LogP contribution in [0.2, 0.25) is 0 Å². The van der Waals surface area contributed by atoms with E-state index in [2.05, 4.69) is 23.8 Å². The number of hydrogen-bond donors (Lipinski definition) is 1. The molecule has 0 unspecified atom stereocenters. The van der Waals surface area contributed by atoms with Crippen LogP contribution in [0.15, 0.2) is 0 Å². The predicted octanol–water partition coefficient (Wildman–Crippen LogP) is 0.894. The van der Waals surface area contributed by atoms with Gasteiger partial charge in [0.2, 0.25) is 0 Å². The zero-order valence-electron chi connectivity index (χ0n) is 11.1. The lowest BCUT2D eigenvalue weighted by molar-refractivity contribution is 0.0533. The molecule has 1 aromatic rings. The predicted molar refractivity (Wildman–Crippen MR) is 68.0 cm³/mol. The number of nitrogens with zero attached hydrogens (tertiary/aromatic N) is 3. The first-order chi connectivity index (χ1) is 8.11. The lowest BCUT2D eigenvalue weighted by Crippen LogP contribution is -2.48. The average molecular weight is 237 g/mol. The molecular weight excluding hydrogens is 214 g/mol. The van der Waals surface area contributed by atoms with Gasteiger partial charge < -0.3 is 10.0 Å². The van der Waals surface area contributed by atoms with E-state index >= 15 is 0 Å². The Bertz CT molecular complexity index is 380. The molecule has 0 radical (unpaired) electrons. The van der Waals surface area contributed by atoms with E-state index in [1.165, 1.54) is 23.4 Å². The van der Waals surface area contributed by atoms with Crippen molar-refractivity contribution in [1.82, 2.24) is 14.7 Å². The molecule has 0 aliphatic carbocycles. The molecule has 1 N–H and O–H groups in total. The van der Waals surface area contributed by atoms with Crippen LogP contribution in [0.1, 0.15) is 23.4 Å². The second-order valence-corrected chi connectivity index (χ2v) is 5.18. The van der Waals surface area contributed by atoms with Crippen LogP contribution >= 0.6 is 0 Å². The number of aliphatic hydroxyl groups is 1. The third kappa shape index (κ3) is 2.69. The largest absolute Gasteiger partial charge is 0.396 e. The van der Waals surface area contributed by atoms with Crippen LogP contribution in [-0.4, -0.2) is 46.0 Å². The second kappa shape index (κ2) is 5.19. The molecular formula is C13H23N3O. The Balaban J connectivity index is 1.75. The summed E-state index contributed by atoms with van der Waals surface area (Å²) in [6, 6.07) is 0. The molecule has 1 fully saturated rings. The minimum absolute atomic E-state index is 0.345. The molecule has 1 aliphatic rings. The molecule has 4 heteroatoms. The van der Waals surface area contributed by atoms with E-state index in [0.717, 1.165) is 26.1 Å². The van der Waals surface area contributed by atoms with Crippen molar-refractivity contribution in [3.05, 3.63) is 17.0 Å². The maximum Gasteiger partial charge on any atom is 0.0628 e. The molecule has 0 atom stereocenters. The third-order valence-corrected chi connectivity index (χ3v) is 3.85. The topological polar surface area (TPSA) is 41.3 Å². The first kappa shape index (κ1) is 12.6. The number of aromatic nitrogens is 2. The Morgan fingerprint density at radius 1 is 1.35 bits per heavy atom. The Morgan fingerprint density at radius 2 is 2.06 bits per heavy atom. The van der Waals surface area contributed by atoms with E-state index in [1.54, 1.807) is 0 Å². The Morgan fingerprint density at radius 3 is 2.59 bits per heavy atom. The number of hydrogen-bond acceptors (Lipinski definition) is 3. The van der Waals surface area contributed by atoms with Gasteiger partial charge in [-0.1, -0.05) is 0 Å². The molecule has 96 valence electrons. The van der Waals surface area contributed by atoms with Gasteiger partial charge in [-0.3, -0.25) is 4.68 Å². The fourth-order valence-corrected chi connectivity index (χ4v) is 2.63. The lowest BCUT2D eigenvalue weighted by atomic mass is 10.0. The number of likely N-dealkylation sites (tertiary alicyclic amines) is 1. The third-order valence-electron chi connectivity index (χ3n) is 3.85. The van der Waals surface area contributed by atoms with E-state index in [1.807, 2.05) is 11.7 Å². The standard InChI is InChI=1S/C13H23N3O/c1-10-13(11(2)15(3)14-10)5-4-6-16-7-12(8-16)9-17/h12,17H,4-9H2,1-3H3. The first-order valence-electron chi connectivity index (χ1n) is 6.44. The maximum atomic E-state index is 8.95. The summed E-state index contributed by atoms with van der Waals surface area (Å²) >= 11 is 0. The summed E-state index contributed by atoms with van der Waals surface area (Å²) in [4.78, 5) is 2.42. The van der Waals surface area contributed by atoms with Crippen molar-refractivity contribution in [3.8, 4) is 0 Å². The first-order valence-corrected chi connectivity index (χ1v) is 6.44. The van der Waals surface area contributed by atoms with Gasteiger partial charge in [0.05, 0.1) is 5.69 Å². The molecule has 0 saturated carbocycles. The van der Waals surface area contributed by atoms with Crippen LogP contribution in [0, 0.1) is 19.8 Å². The minimum atomic E-state index is 0.345. The van der Waals surface area contributed by atoms with Gasteiger partial charge in [0, 0.05) is 38.4 Å². The van der Waals surface area contributed by atoms with Crippen LogP contribution in [0.3, 0.4) is 0 Å². The van der Waals surface area contributed by atoms with Gasteiger partial charge in [0.25, 0.3) is 0 Å². The summed E-state index contributed by atoms with van der Waals surface area (Å²) < 4.78 is 1.97. The summed E-state index contributed by atoms with van der Waals surface area (Å²) in [5.41, 5.74) is 3.87. The summed E-state index contributed by atoms with van der Waals surface area (Å²) in [6.07, 6.45) is 2.30. The Kier molecular flexibility index (Phi) is 3.84. The van der Waals surface area contributed by atoms with Crippen molar-refractivity contribution >= 4 is 0 Å². The van der Waals surface area contributed by atoms with E-state index in [0.29, 0.717) is 12.5 Å². The zero-order valence-corrected chi connectivity index (χ0v) is 11.1.